The third kappa shape index (κ3) is 5.21. The number of hydrogen-bond donors (Lipinski definition) is 3. The SMILES string of the molecule is COc1cc(Nc2cc(-c3ccc4cc(C#N)cnn34)ncc2C(=O)NCC(F)C(C)(C)O)ncn1. The van der Waals surface area contributed by atoms with Gasteiger partial charge in [0, 0.05) is 12.3 Å². The van der Waals surface area contributed by atoms with E-state index in [1.54, 1.807) is 34.8 Å². The Morgan fingerprint density at radius 1 is 1.25 bits per heavy atom. The number of carbonyl (C=O) groups excluding carboxylic acids is 1. The van der Waals surface area contributed by atoms with Gasteiger partial charge in [-0.15, -0.1) is 0 Å². The molecule has 4 rings (SSSR count). The smallest absolute Gasteiger partial charge is 0.255 e. The zero-order valence-electron chi connectivity index (χ0n) is 19.7. The van der Waals surface area contributed by atoms with E-state index in [1.807, 2.05) is 0 Å². The van der Waals surface area contributed by atoms with E-state index in [9.17, 15) is 14.3 Å². The fraction of sp³-hybridized carbons (Fsp3) is 0.250. The summed E-state index contributed by atoms with van der Waals surface area (Å²) >= 11 is 0. The quantitative estimate of drug-likeness (QED) is 0.339. The number of halogens is 1. The lowest BCUT2D eigenvalue weighted by Gasteiger charge is -2.22. The van der Waals surface area contributed by atoms with Gasteiger partial charge in [-0.25, -0.2) is 18.9 Å². The molecule has 11 nitrogen and oxygen atoms in total. The first-order valence-corrected chi connectivity index (χ1v) is 10.9. The second kappa shape index (κ2) is 9.93. The van der Waals surface area contributed by atoms with Crippen molar-refractivity contribution in [2.75, 3.05) is 19.0 Å². The average Bonchev–Trinajstić information content (AvgIpc) is 3.29. The number of rotatable bonds is 8. The molecule has 184 valence electrons. The predicted molar refractivity (Wildman–Crippen MR) is 129 cm³/mol. The highest BCUT2D eigenvalue weighted by molar-refractivity contribution is 6.00. The molecule has 4 heterocycles. The summed E-state index contributed by atoms with van der Waals surface area (Å²) in [5.41, 5.74) is 1.07. The minimum Gasteiger partial charge on any atom is -0.481 e. The zero-order valence-corrected chi connectivity index (χ0v) is 19.7. The van der Waals surface area contributed by atoms with E-state index < -0.39 is 17.7 Å². The van der Waals surface area contributed by atoms with Crippen LogP contribution in [0.5, 0.6) is 5.88 Å². The topological polar surface area (TPSA) is 150 Å². The predicted octanol–water partition coefficient (Wildman–Crippen LogP) is 2.65. The molecule has 0 aliphatic rings. The molecule has 0 bridgehead atoms. The molecule has 12 heteroatoms. The summed E-state index contributed by atoms with van der Waals surface area (Å²) in [4.78, 5) is 25.5. The van der Waals surface area contributed by atoms with Gasteiger partial charge in [0.1, 0.15) is 24.4 Å². The summed E-state index contributed by atoms with van der Waals surface area (Å²) in [6.07, 6.45) is 2.43. The first-order chi connectivity index (χ1) is 17.2. The number of aliphatic hydroxyl groups is 1. The van der Waals surface area contributed by atoms with E-state index >= 15 is 0 Å². The van der Waals surface area contributed by atoms with Crippen LogP contribution in [-0.2, 0) is 0 Å². The Kier molecular flexibility index (Phi) is 6.75. The fourth-order valence-electron chi connectivity index (χ4n) is 3.32. The van der Waals surface area contributed by atoms with Gasteiger partial charge >= 0.3 is 0 Å². The van der Waals surface area contributed by atoms with Gasteiger partial charge in [0.2, 0.25) is 5.88 Å². The lowest BCUT2D eigenvalue weighted by atomic mass is 10.0. The Bertz CT molecular complexity index is 1460. The van der Waals surface area contributed by atoms with E-state index in [2.05, 4.69) is 36.8 Å². The summed E-state index contributed by atoms with van der Waals surface area (Å²) in [6.45, 7) is 2.26. The molecule has 0 radical (unpaired) electrons. The molecular weight excluding hydrogens is 467 g/mol. The number of amides is 1. The van der Waals surface area contributed by atoms with Crippen LogP contribution >= 0.6 is 0 Å². The maximum absolute atomic E-state index is 14.2. The van der Waals surface area contributed by atoms with Gasteiger partial charge in [-0.3, -0.25) is 9.78 Å². The summed E-state index contributed by atoms with van der Waals surface area (Å²) in [7, 11) is 1.47. The van der Waals surface area contributed by atoms with Crippen molar-refractivity contribution in [2.24, 2.45) is 0 Å². The fourth-order valence-corrected chi connectivity index (χ4v) is 3.32. The summed E-state index contributed by atoms with van der Waals surface area (Å²) in [5, 5.41) is 28.8. The van der Waals surface area contributed by atoms with Gasteiger partial charge in [-0.05, 0) is 38.1 Å². The molecule has 0 aliphatic heterocycles. The Morgan fingerprint density at radius 2 is 2.06 bits per heavy atom. The minimum absolute atomic E-state index is 0.125. The molecule has 0 saturated carbocycles. The average molecular weight is 490 g/mol. The molecule has 36 heavy (non-hydrogen) atoms. The van der Waals surface area contributed by atoms with Gasteiger partial charge in [-0.2, -0.15) is 10.4 Å². The van der Waals surface area contributed by atoms with Gasteiger partial charge in [0.15, 0.2) is 0 Å². The number of aromatic nitrogens is 5. The molecule has 1 unspecified atom stereocenters. The van der Waals surface area contributed by atoms with Crippen molar-refractivity contribution in [3.05, 3.63) is 60.2 Å². The van der Waals surface area contributed by atoms with Crippen LogP contribution < -0.4 is 15.4 Å². The van der Waals surface area contributed by atoms with Gasteiger partial charge in [0.25, 0.3) is 5.91 Å². The molecule has 0 aliphatic carbocycles. The Hall–Kier alpha value is -4.63. The van der Waals surface area contributed by atoms with Crippen LogP contribution in [0.3, 0.4) is 0 Å². The summed E-state index contributed by atoms with van der Waals surface area (Å²) in [6, 6.07) is 10.5. The summed E-state index contributed by atoms with van der Waals surface area (Å²) < 4.78 is 21.0. The van der Waals surface area contributed by atoms with Crippen molar-refractivity contribution < 1.29 is 19.0 Å². The van der Waals surface area contributed by atoms with Crippen LogP contribution in [0.15, 0.2) is 49.1 Å². The number of nitriles is 1. The molecule has 0 saturated heterocycles. The van der Waals surface area contributed by atoms with E-state index in [4.69, 9.17) is 10.00 Å². The van der Waals surface area contributed by atoms with Crippen LogP contribution in [0.4, 0.5) is 15.9 Å². The second-order valence-corrected chi connectivity index (χ2v) is 8.43. The Labute approximate surface area is 205 Å². The highest BCUT2D eigenvalue weighted by Crippen LogP contribution is 2.28. The number of alkyl halides is 1. The van der Waals surface area contributed by atoms with Crippen molar-refractivity contribution in [3.8, 4) is 23.3 Å². The van der Waals surface area contributed by atoms with Gasteiger partial charge in [0.05, 0.1) is 59.2 Å². The maximum Gasteiger partial charge on any atom is 0.255 e. The molecule has 0 aromatic carbocycles. The molecule has 4 aromatic heterocycles. The molecule has 4 aromatic rings. The largest absolute Gasteiger partial charge is 0.481 e. The number of fused-ring (bicyclic) bond motifs is 1. The van der Waals surface area contributed by atoms with Crippen LogP contribution in [0.25, 0.3) is 16.9 Å². The highest BCUT2D eigenvalue weighted by Gasteiger charge is 2.27. The van der Waals surface area contributed by atoms with E-state index in [0.29, 0.717) is 39.9 Å². The monoisotopic (exact) mass is 490 g/mol. The van der Waals surface area contributed by atoms with Crippen LogP contribution in [0, 0.1) is 11.3 Å². The lowest BCUT2D eigenvalue weighted by Crippen LogP contribution is -2.42. The molecule has 0 spiro atoms. The Morgan fingerprint density at radius 3 is 2.78 bits per heavy atom. The lowest BCUT2D eigenvalue weighted by molar-refractivity contribution is -0.00177. The second-order valence-electron chi connectivity index (χ2n) is 8.43. The summed E-state index contributed by atoms with van der Waals surface area (Å²) in [5.74, 6) is 0.0688. The third-order valence-electron chi connectivity index (χ3n) is 5.36. The van der Waals surface area contributed by atoms with Crippen molar-refractivity contribution in [1.29, 1.82) is 5.26 Å². The number of methoxy groups -OCH3 is 1. The normalized spacial score (nSPS) is 12.1. The standard InChI is InChI=1S/C24H23FN8O3/c1-24(2,35)20(25)12-28-23(34)16-11-27-18(7-17(16)32-21-8-22(36-3)30-13-29-21)19-5-4-15-6-14(9-26)10-31-33(15)19/h4-8,10-11,13,20,35H,12H2,1-3H3,(H,28,34)(H,27,29,30,32). The number of carbonyl (C=O) groups is 1. The molecule has 1 amide bonds. The maximum atomic E-state index is 14.2. The molecule has 3 N–H and O–H groups in total. The van der Waals surface area contributed by atoms with Crippen molar-refractivity contribution in [2.45, 2.75) is 25.6 Å². The van der Waals surface area contributed by atoms with E-state index in [-0.39, 0.29) is 12.1 Å². The minimum atomic E-state index is -1.67. The Balaban J connectivity index is 1.72. The number of anilines is 2. The third-order valence-corrected chi connectivity index (χ3v) is 5.36. The first kappa shape index (κ1) is 24.5. The molecule has 0 fully saturated rings. The molecule has 1 atom stereocenters. The number of ether oxygens (including phenoxy) is 1. The number of hydrogen-bond acceptors (Lipinski definition) is 9. The van der Waals surface area contributed by atoms with Crippen molar-refractivity contribution >= 4 is 22.9 Å². The zero-order chi connectivity index (χ0) is 25.9. The number of nitrogens with zero attached hydrogens (tertiary/aromatic N) is 6. The van der Waals surface area contributed by atoms with Crippen LogP contribution in [0.2, 0.25) is 0 Å². The first-order valence-electron chi connectivity index (χ1n) is 10.9. The van der Waals surface area contributed by atoms with Crippen molar-refractivity contribution in [1.82, 2.24) is 29.9 Å². The molecular formula is C24H23FN8O3. The van der Waals surface area contributed by atoms with Crippen LogP contribution in [-0.4, -0.2) is 61.0 Å². The van der Waals surface area contributed by atoms with Gasteiger partial charge in [-0.1, -0.05) is 0 Å². The number of nitrogens with one attached hydrogen (secondary N) is 2. The van der Waals surface area contributed by atoms with Gasteiger partial charge < -0.3 is 20.5 Å². The van der Waals surface area contributed by atoms with Crippen LogP contribution in [0.1, 0.15) is 29.8 Å². The highest BCUT2D eigenvalue weighted by atomic mass is 19.1. The van der Waals surface area contributed by atoms with E-state index in [1.165, 1.54) is 39.7 Å². The van der Waals surface area contributed by atoms with E-state index in [0.717, 1.165) is 0 Å². The number of pyridine rings is 1. The van der Waals surface area contributed by atoms with Crippen molar-refractivity contribution in [3.63, 3.8) is 0 Å².